The quantitative estimate of drug-likeness (QED) is 0.186. The van der Waals surface area contributed by atoms with Gasteiger partial charge in [-0.15, -0.1) is 0 Å². The number of carbonyl (C=O) groups excluding carboxylic acids is 1. The Bertz CT molecular complexity index is 1520. The van der Waals surface area contributed by atoms with Crippen LogP contribution in [-0.4, -0.2) is 32.7 Å². The Morgan fingerprint density at radius 2 is 1.57 bits per heavy atom. The Morgan fingerprint density at radius 1 is 0.865 bits per heavy atom. The summed E-state index contributed by atoms with van der Waals surface area (Å²) in [4.78, 5) is 33.4. The third kappa shape index (κ3) is 6.19. The van der Waals surface area contributed by atoms with Crippen molar-refractivity contribution in [3.05, 3.63) is 131 Å². The number of benzene rings is 3. The van der Waals surface area contributed by atoms with Crippen LogP contribution in [0.25, 0.3) is 10.9 Å². The van der Waals surface area contributed by atoms with Gasteiger partial charge in [0.15, 0.2) is 5.16 Å². The maximum absolute atomic E-state index is 13.5. The average Bonchev–Trinajstić information content (AvgIpc) is 3.46. The molecule has 5 rings (SSSR count). The number of furan rings is 1. The molecule has 5 aromatic rings. The van der Waals surface area contributed by atoms with E-state index < -0.39 is 0 Å². The van der Waals surface area contributed by atoms with Gasteiger partial charge in [0.1, 0.15) is 5.76 Å². The van der Waals surface area contributed by atoms with Crippen molar-refractivity contribution in [3.63, 3.8) is 0 Å². The second-order valence-electron chi connectivity index (χ2n) is 8.71. The first-order valence-electron chi connectivity index (χ1n) is 12.2. The first-order valence-corrected chi connectivity index (χ1v) is 13.2. The van der Waals surface area contributed by atoms with Gasteiger partial charge in [-0.2, -0.15) is 0 Å². The van der Waals surface area contributed by atoms with Gasteiger partial charge >= 0.3 is 0 Å². The van der Waals surface area contributed by atoms with Gasteiger partial charge in [0.05, 0.1) is 29.5 Å². The van der Waals surface area contributed by atoms with Crippen molar-refractivity contribution in [1.29, 1.82) is 0 Å². The van der Waals surface area contributed by atoms with Crippen molar-refractivity contribution in [2.24, 2.45) is 0 Å². The van der Waals surface area contributed by atoms with Crippen LogP contribution in [0.2, 0.25) is 0 Å². The Balaban J connectivity index is 1.38. The number of rotatable bonds is 10. The predicted molar refractivity (Wildman–Crippen MR) is 147 cm³/mol. The molecule has 2 aromatic heterocycles. The lowest BCUT2D eigenvalue weighted by molar-refractivity contribution is -0.128. The van der Waals surface area contributed by atoms with Crippen LogP contribution in [0.4, 0.5) is 0 Å². The second kappa shape index (κ2) is 11.8. The highest BCUT2D eigenvalue weighted by atomic mass is 32.2. The summed E-state index contributed by atoms with van der Waals surface area (Å²) >= 11 is 1.29. The van der Waals surface area contributed by atoms with Crippen molar-refractivity contribution in [3.8, 4) is 0 Å². The molecule has 0 unspecified atom stereocenters. The number of nitrogens with zero attached hydrogens (tertiary/aromatic N) is 3. The summed E-state index contributed by atoms with van der Waals surface area (Å²) in [6, 6.07) is 31.1. The molecule has 0 atom stereocenters. The normalized spacial score (nSPS) is 11.0. The summed E-state index contributed by atoms with van der Waals surface area (Å²) in [6.07, 6.45) is 2.35. The number of amides is 1. The minimum Gasteiger partial charge on any atom is -0.467 e. The number of hydrogen-bond acceptors (Lipinski definition) is 5. The summed E-state index contributed by atoms with van der Waals surface area (Å²) in [5, 5.41) is 1.04. The Kier molecular flexibility index (Phi) is 7.81. The molecule has 0 aliphatic rings. The zero-order valence-electron chi connectivity index (χ0n) is 20.3. The van der Waals surface area contributed by atoms with Crippen LogP contribution in [0.15, 0.2) is 118 Å². The van der Waals surface area contributed by atoms with Gasteiger partial charge in [-0.25, -0.2) is 4.98 Å². The van der Waals surface area contributed by atoms with Gasteiger partial charge in [0.25, 0.3) is 5.56 Å². The number of fused-ring (bicyclic) bond motifs is 1. The molecule has 0 spiro atoms. The maximum atomic E-state index is 13.5. The molecule has 3 aromatic carbocycles. The van der Waals surface area contributed by atoms with Gasteiger partial charge in [0.2, 0.25) is 5.91 Å². The third-order valence-corrected chi connectivity index (χ3v) is 7.09. The topological polar surface area (TPSA) is 68.3 Å². The molecule has 0 N–H and O–H groups in total. The molecule has 186 valence electrons. The van der Waals surface area contributed by atoms with Crippen molar-refractivity contribution in [2.75, 3.05) is 12.3 Å². The van der Waals surface area contributed by atoms with E-state index in [1.807, 2.05) is 77.7 Å². The number of para-hydroxylation sites is 1. The van der Waals surface area contributed by atoms with E-state index in [1.165, 1.54) is 17.3 Å². The Hall–Kier alpha value is -4.10. The van der Waals surface area contributed by atoms with E-state index in [-0.39, 0.29) is 23.8 Å². The van der Waals surface area contributed by atoms with Gasteiger partial charge < -0.3 is 9.32 Å². The molecule has 2 heterocycles. The molecule has 0 saturated carbocycles. The number of thioether (sulfide) groups is 1. The van der Waals surface area contributed by atoms with Crippen molar-refractivity contribution in [2.45, 2.75) is 24.7 Å². The molecular weight excluding hydrogens is 482 g/mol. The van der Waals surface area contributed by atoms with Crippen LogP contribution in [-0.2, 0) is 24.3 Å². The fraction of sp³-hybridized carbons (Fsp3) is 0.167. The lowest BCUT2D eigenvalue weighted by atomic mass is 10.1. The van der Waals surface area contributed by atoms with Gasteiger partial charge in [-0.1, -0.05) is 84.6 Å². The lowest BCUT2D eigenvalue weighted by Crippen LogP contribution is -2.34. The molecule has 0 radical (unpaired) electrons. The van der Waals surface area contributed by atoms with Crippen LogP contribution >= 0.6 is 11.8 Å². The largest absolute Gasteiger partial charge is 0.467 e. The molecular formula is C30H27N3O3S. The highest BCUT2D eigenvalue weighted by Gasteiger charge is 2.18. The van der Waals surface area contributed by atoms with Crippen LogP contribution in [0.5, 0.6) is 0 Å². The minimum atomic E-state index is -0.151. The molecule has 0 aliphatic heterocycles. The maximum Gasteiger partial charge on any atom is 0.262 e. The number of aromatic nitrogens is 2. The molecule has 0 fully saturated rings. The summed E-state index contributed by atoms with van der Waals surface area (Å²) in [6.45, 7) is 1.38. The summed E-state index contributed by atoms with van der Waals surface area (Å²) in [7, 11) is 0. The molecule has 6 nitrogen and oxygen atoms in total. The van der Waals surface area contributed by atoms with Crippen molar-refractivity contribution >= 4 is 28.6 Å². The molecule has 7 heteroatoms. The Morgan fingerprint density at radius 3 is 2.30 bits per heavy atom. The summed E-state index contributed by atoms with van der Waals surface area (Å²) in [5.74, 6) is 0.822. The molecule has 0 bridgehead atoms. The highest BCUT2D eigenvalue weighted by molar-refractivity contribution is 7.99. The van der Waals surface area contributed by atoms with Gasteiger partial charge in [-0.3, -0.25) is 14.2 Å². The molecule has 1 amide bonds. The molecule has 0 saturated heterocycles. The number of hydrogen-bond donors (Lipinski definition) is 0. The SMILES string of the molecule is O=C(CSc1nc2ccccc2c(=O)n1Cc1ccco1)N(CCc1ccccc1)Cc1ccccc1. The smallest absolute Gasteiger partial charge is 0.262 e. The van der Waals surface area contributed by atoms with E-state index in [1.54, 1.807) is 23.0 Å². The Labute approximate surface area is 219 Å². The predicted octanol–water partition coefficient (Wildman–Crippen LogP) is 5.40. The van der Waals surface area contributed by atoms with Crippen LogP contribution < -0.4 is 5.56 Å². The number of carbonyl (C=O) groups is 1. The van der Waals surface area contributed by atoms with Crippen molar-refractivity contribution in [1.82, 2.24) is 14.5 Å². The zero-order valence-corrected chi connectivity index (χ0v) is 21.1. The van der Waals surface area contributed by atoms with E-state index in [2.05, 4.69) is 12.1 Å². The summed E-state index contributed by atoms with van der Waals surface area (Å²) in [5.41, 5.74) is 2.72. The monoisotopic (exact) mass is 509 g/mol. The van der Waals surface area contributed by atoms with Crippen molar-refractivity contribution < 1.29 is 9.21 Å². The lowest BCUT2D eigenvalue weighted by Gasteiger charge is -2.23. The van der Waals surface area contributed by atoms with E-state index in [9.17, 15) is 9.59 Å². The third-order valence-electron chi connectivity index (χ3n) is 6.13. The van der Waals surface area contributed by atoms with Crippen LogP contribution in [0, 0.1) is 0 Å². The highest BCUT2D eigenvalue weighted by Crippen LogP contribution is 2.20. The molecule has 37 heavy (non-hydrogen) atoms. The standard InChI is InChI=1S/C30H27N3O3S/c34-28(32(20-24-12-5-2-6-13-24)18-17-23-10-3-1-4-11-23)22-37-30-31-27-16-8-7-15-26(27)29(35)33(30)21-25-14-9-19-36-25/h1-16,19H,17-18,20-22H2. The van der Waals surface area contributed by atoms with E-state index >= 15 is 0 Å². The van der Waals surface area contributed by atoms with Crippen LogP contribution in [0.3, 0.4) is 0 Å². The fourth-order valence-corrected chi connectivity index (χ4v) is 5.08. The van der Waals surface area contributed by atoms with Crippen LogP contribution in [0.1, 0.15) is 16.9 Å². The van der Waals surface area contributed by atoms with E-state index in [4.69, 9.17) is 9.40 Å². The minimum absolute atomic E-state index is 0.00302. The van der Waals surface area contributed by atoms with E-state index in [0.29, 0.717) is 34.9 Å². The summed E-state index contributed by atoms with van der Waals surface area (Å²) < 4.78 is 7.08. The zero-order chi connectivity index (χ0) is 25.5. The van der Waals surface area contributed by atoms with Gasteiger partial charge in [0, 0.05) is 13.1 Å². The van der Waals surface area contributed by atoms with Gasteiger partial charge in [-0.05, 0) is 41.8 Å². The first-order chi connectivity index (χ1) is 18.2. The fourth-order valence-electron chi connectivity index (χ4n) is 4.18. The van der Waals surface area contributed by atoms with E-state index in [0.717, 1.165) is 12.0 Å². The average molecular weight is 510 g/mol. The first kappa shape index (κ1) is 24.6. The second-order valence-corrected chi connectivity index (χ2v) is 9.65. The molecule has 0 aliphatic carbocycles.